The third kappa shape index (κ3) is 5.00. The molecule has 0 N–H and O–H groups in total. The minimum atomic E-state index is 0.622. The first kappa shape index (κ1) is 29.8. The van der Waals surface area contributed by atoms with Crippen molar-refractivity contribution in [2.75, 3.05) is 0 Å². The maximum atomic E-state index is 5.60. The fourth-order valence-corrected chi connectivity index (χ4v) is 7.49. The SMILES string of the molecule is c1ccc(-c2nc(-c3ccccc3)nc(-c3ccc(-c4nc(-c5ccccc5)c5c(c4-c4ccccc4)-c4cccc6cccc-5c46)cc3)n2)cc1. The summed E-state index contributed by atoms with van der Waals surface area (Å²) >= 11 is 0. The van der Waals surface area contributed by atoms with E-state index in [0.29, 0.717) is 17.5 Å². The monoisotopic (exact) mass is 662 g/mol. The second-order valence-electron chi connectivity index (χ2n) is 13.0. The van der Waals surface area contributed by atoms with Crippen molar-refractivity contribution in [3.63, 3.8) is 0 Å². The molecule has 52 heavy (non-hydrogen) atoms. The third-order valence-corrected chi connectivity index (χ3v) is 9.87. The number of hydrogen-bond donors (Lipinski definition) is 0. The van der Waals surface area contributed by atoms with Crippen LogP contribution in [0.2, 0.25) is 0 Å². The quantitative estimate of drug-likeness (QED) is 0.178. The van der Waals surface area contributed by atoms with Gasteiger partial charge in [-0.15, -0.1) is 0 Å². The molecule has 4 heteroatoms. The first-order valence-electron chi connectivity index (χ1n) is 17.5. The van der Waals surface area contributed by atoms with Gasteiger partial charge in [0.05, 0.1) is 11.4 Å². The fraction of sp³-hybridized carbons (Fsp3) is 0. The molecule has 2 aromatic heterocycles. The number of benzene rings is 7. The average molecular weight is 663 g/mol. The molecule has 0 saturated carbocycles. The van der Waals surface area contributed by atoms with E-state index in [1.54, 1.807) is 0 Å². The summed E-state index contributed by atoms with van der Waals surface area (Å²) in [6.45, 7) is 0. The molecule has 0 amide bonds. The van der Waals surface area contributed by atoms with Crippen molar-refractivity contribution in [3.05, 3.63) is 182 Å². The Hall–Kier alpha value is -7.04. The molecule has 9 aromatic rings. The highest BCUT2D eigenvalue weighted by atomic mass is 15.0. The largest absolute Gasteiger partial charge is 0.246 e. The van der Waals surface area contributed by atoms with Crippen LogP contribution in [-0.4, -0.2) is 19.9 Å². The van der Waals surface area contributed by atoms with Gasteiger partial charge >= 0.3 is 0 Å². The lowest BCUT2D eigenvalue weighted by Gasteiger charge is -2.20. The molecular formula is C48H30N4. The summed E-state index contributed by atoms with van der Waals surface area (Å²) in [6.07, 6.45) is 0. The molecular weight excluding hydrogens is 633 g/mol. The van der Waals surface area contributed by atoms with E-state index in [-0.39, 0.29) is 0 Å². The number of hydrogen-bond acceptors (Lipinski definition) is 4. The molecule has 0 spiro atoms. The number of fused-ring (bicyclic) bond motifs is 3. The van der Waals surface area contributed by atoms with Crippen LogP contribution in [0.5, 0.6) is 0 Å². The van der Waals surface area contributed by atoms with Gasteiger partial charge < -0.3 is 0 Å². The first-order chi connectivity index (χ1) is 25.8. The van der Waals surface area contributed by atoms with Gasteiger partial charge in [-0.3, -0.25) is 0 Å². The highest BCUT2D eigenvalue weighted by Gasteiger charge is 2.31. The smallest absolute Gasteiger partial charge is 0.164 e. The van der Waals surface area contributed by atoms with E-state index in [9.17, 15) is 0 Å². The maximum absolute atomic E-state index is 5.60. The van der Waals surface area contributed by atoms with E-state index in [4.69, 9.17) is 19.9 Å². The average Bonchev–Trinajstić information content (AvgIpc) is 3.57. The van der Waals surface area contributed by atoms with Gasteiger partial charge in [-0.1, -0.05) is 182 Å². The van der Waals surface area contributed by atoms with Gasteiger partial charge in [0.25, 0.3) is 0 Å². The maximum Gasteiger partial charge on any atom is 0.164 e. The molecule has 0 unspecified atom stereocenters. The van der Waals surface area contributed by atoms with E-state index in [0.717, 1.165) is 50.3 Å². The summed E-state index contributed by atoms with van der Waals surface area (Å²) in [5, 5.41) is 2.51. The Morgan fingerprint density at radius 3 is 1.15 bits per heavy atom. The van der Waals surface area contributed by atoms with Crippen LogP contribution in [0.15, 0.2) is 182 Å². The molecule has 0 atom stereocenters. The molecule has 0 radical (unpaired) electrons. The predicted molar refractivity (Wildman–Crippen MR) is 212 cm³/mol. The minimum Gasteiger partial charge on any atom is -0.246 e. The zero-order valence-corrected chi connectivity index (χ0v) is 28.1. The van der Waals surface area contributed by atoms with Crippen molar-refractivity contribution in [2.24, 2.45) is 0 Å². The van der Waals surface area contributed by atoms with Gasteiger partial charge in [-0.05, 0) is 27.5 Å². The highest BCUT2D eigenvalue weighted by Crippen LogP contribution is 2.56. The Morgan fingerprint density at radius 2 is 0.635 bits per heavy atom. The van der Waals surface area contributed by atoms with Crippen LogP contribution in [-0.2, 0) is 0 Å². The Labute approximate surface area is 301 Å². The van der Waals surface area contributed by atoms with Crippen LogP contribution in [0.25, 0.3) is 101 Å². The van der Waals surface area contributed by atoms with Crippen molar-refractivity contribution in [1.29, 1.82) is 0 Å². The van der Waals surface area contributed by atoms with E-state index in [1.807, 2.05) is 60.7 Å². The van der Waals surface area contributed by atoms with Gasteiger partial charge in [0.2, 0.25) is 0 Å². The minimum absolute atomic E-state index is 0.622. The molecule has 242 valence electrons. The number of nitrogens with zero attached hydrogens (tertiary/aromatic N) is 4. The van der Waals surface area contributed by atoms with Gasteiger partial charge in [-0.25, -0.2) is 19.9 Å². The lowest BCUT2D eigenvalue weighted by molar-refractivity contribution is 1.07. The van der Waals surface area contributed by atoms with Crippen LogP contribution < -0.4 is 0 Å². The van der Waals surface area contributed by atoms with Crippen LogP contribution in [0.4, 0.5) is 0 Å². The molecule has 10 rings (SSSR count). The lowest BCUT2D eigenvalue weighted by atomic mass is 9.87. The van der Waals surface area contributed by atoms with Crippen LogP contribution in [0, 0.1) is 0 Å². The Balaban J connectivity index is 1.19. The summed E-state index contributed by atoms with van der Waals surface area (Å²) in [4.78, 5) is 20.4. The number of rotatable bonds is 6. The molecule has 7 aromatic carbocycles. The van der Waals surface area contributed by atoms with E-state index < -0.39 is 0 Å². The van der Waals surface area contributed by atoms with Crippen LogP contribution >= 0.6 is 0 Å². The molecule has 0 aliphatic heterocycles. The van der Waals surface area contributed by atoms with Gasteiger partial charge in [0.1, 0.15) is 0 Å². The predicted octanol–water partition coefficient (Wildman–Crippen LogP) is 12.1. The van der Waals surface area contributed by atoms with Crippen molar-refractivity contribution < 1.29 is 0 Å². The zero-order valence-electron chi connectivity index (χ0n) is 28.1. The van der Waals surface area contributed by atoms with Crippen molar-refractivity contribution in [3.8, 4) is 90.1 Å². The number of aromatic nitrogens is 4. The third-order valence-electron chi connectivity index (χ3n) is 9.87. The molecule has 4 nitrogen and oxygen atoms in total. The molecule has 2 heterocycles. The topological polar surface area (TPSA) is 51.6 Å². The van der Waals surface area contributed by atoms with E-state index in [2.05, 4.69) is 121 Å². The molecule has 0 fully saturated rings. The Morgan fingerprint density at radius 1 is 0.250 bits per heavy atom. The van der Waals surface area contributed by atoms with E-state index in [1.165, 1.54) is 33.0 Å². The van der Waals surface area contributed by atoms with Crippen LogP contribution in [0.1, 0.15) is 0 Å². The molecule has 0 bridgehead atoms. The first-order valence-corrected chi connectivity index (χ1v) is 17.5. The van der Waals surface area contributed by atoms with Crippen molar-refractivity contribution in [2.45, 2.75) is 0 Å². The Kier molecular flexibility index (Phi) is 7.10. The van der Waals surface area contributed by atoms with Gasteiger partial charge in [-0.2, -0.15) is 0 Å². The van der Waals surface area contributed by atoms with E-state index >= 15 is 0 Å². The standard InChI is InChI=1S/C48H30N4/c1-5-15-32(16-6-1)41-42-38-25-13-23-31-24-14-26-39(40(31)38)43(42)45(33-17-7-2-8-18-33)49-44(41)34-27-29-37(30-28-34)48-51-46(35-19-9-3-10-20-35)50-47(52-48)36-21-11-4-12-22-36/h1-30H. The number of pyridine rings is 1. The summed E-state index contributed by atoms with van der Waals surface area (Å²) in [5.74, 6) is 1.90. The van der Waals surface area contributed by atoms with Crippen molar-refractivity contribution in [1.82, 2.24) is 19.9 Å². The molecule has 1 aliphatic rings. The zero-order chi connectivity index (χ0) is 34.4. The molecule has 0 saturated heterocycles. The summed E-state index contributed by atoms with van der Waals surface area (Å²) < 4.78 is 0. The summed E-state index contributed by atoms with van der Waals surface area (Å²) in [5.41, 5.74) is 14.0. The summed E-state index contributed by atoms with van der Waals surface area (Å²) in [6, 6.07) is 63.2. The second kappa shape index (κ2) is 12.4. The lowest BCUT2D eigenvalue weighted by Crippen LogP contribution is -2.00. The highest BCUT2D eigenvalue weighted by molar-refractivity contribution is 6.21. The summed E-state index contributed by atoms with van der Waals surface area (Å²) in [7, 11) is 0. The second-order valence-corrected chi connectivity index (χ2v) is 13.0. The van der Waals surface area contributed by atoms with Crippen LogP contribution in [0.3, 0.4) is 0 Å². The molecule has 1 aliphatic carbocycles. The van der Waals surface area contributed by atoms with Gasteiger partial charge in [0.15, 0.2) is 17.5 Å². The Bertz CT molecular complexity index is 2680. The normalized spacial score (nSPS) is 11.5. The van der Waals surface area contributed by atoms with Gasteiger partial charge in [0, 0.05) is 44.5 Å². The van der Waals surface area contributed by atoms with Crippen molar-refractivity contribution >= 4 is 10.8 Å². The fourth-order valence-electron chi connectivity index (χ4n) is 7.49.